The van der Waals surface area contributed by atoms with Crippen LogP contribution in [0.25, 0.3) is 16.5 Å². The van der Waals surface area contributed by atoms with Gasteiger partial charge in [-0.1, -0.05) is 12.1 Å². The van der Waals surface area contributed by atoms with Crippen LogP contribution in [0.4, 0.5) is 0 Å². The first-order valence-corrected chi connectivity index (χ1v) is 7.16. The lowest BCUT2D eigenvalue weighted by Gasteiger charge is -2.44. The van der Waals surface area contributed by atoms with E-state index in [2.05, 4.69) is 42.5 Å². The van der Waals surface area contributed by atoms with Crippen molar-refractivity contribution in [3.63, 3.8) is 0 Å². The normalized spacial score (nSPS) is 29.5. The zero-order valence-corrected chi connectivity index (χ0v) is 11.3. The van der Waals surface area contributed by atoms with Crippen LogP contribution in [-0.4, -0.2) is 29.6 Å². The van der Waals surface area contributed by atoms with Gasteiger partial charge in [0.05, 0.1) is 31.9 Å². The van der Waals surface area contributed by atoms with Crippen molar-refractivity contribution in [3.05, 3.63) is 48.3 Å². The molecular weight excluding hydrogens is 232 g/mol. The lowest BCUT2D eigenvalue weighted by atomic mass is 9.81. The highest BCUT2D eigenvalue weighted by atomic mass is 15.3. The van der Waals surface area contributed by atoms with Gasteiger partial charge < -0.3 is 0 Å². The fraction of sp³-hybridized carbons (Fsp3) is 0.353. The molecular formula is C17H19N2+. The first-order valence-electron chi connectivity index (χ1n) is 7.16. The summed E-state index contributed by atoms with van der Waals surface area (Å²) >= 11 is 0. The molecule has 0 radical (unpaired) electrons. The van der Waals surface area contributed by atoms with E-state index in [4.69, 9.17) is 0 Å². The highest BCUT2D eigenvalue weighted by molar-refractivity contribution is 5.83. The maximum Gasteiger partial charge on any atom is 0.0997 e. The van der Waals surface area contributed by atoms with Crippen molar-refractivity contribution in [3.8, 4) is 0 Å². The van der Waals surface area contributed by atoms with Crippen LogP contribution in [-0.2, 0) is 0 Å². The third-order valence-electron chi connectivity index (χ3n) is 4.80. The number of rotatable bonds is 1. The third-order valence-corrected chi connectivity index (χ3v) is 4.80. The second-order valence-electron chi connectivity index (χ2n) is 6.20. The van der Waals surface area contributed by atoms with Gasteiger partial charge in [0.2, 0.25) is 0 Å². The molecule has 0 amide bonds. The minimum absolute atomic E-state index is 0.772. The Bertz CT molecular complexity index is 664. The summed E-state index contributed by atoms with van der Waals surface area (Å²) in [5.74, 6) is 0.772. The Hall–Kier alpha value is -1.67. The van der Waals surface area contributed by atoms with E-state index in [9.17, 15) is 0 Å². The molecule has 96 valence electrons. The first kappa shape index (κ1) is 11.2. The van der Waals surface area contributed by atoms with E-state index in [1.807, 2.05) is 12.3 Å². The van der Waals surface area contributed by atoms with Crippen LogP contribution < -0.4 is 0 Å². The van der Waals surface area contributed by atoms with E-state index in [0.29, 0.717) is 0 Å². The SMILES string of the molecule is C[N+]12C=C(c3ccc4ncccc4c3)C(CC1)CC2. The Morgan fingerprint density at radius 2 is 2.00 bits per heavy atom. The highest BCUT2D eigenvalue weighted by Gasteiger charge is 2.37. The smallest absolute Gasteiger partial charge is 0.0997 e. The number of allylic oxidation sites excluding steroid dienone is 1. The summed E-state index contributed by atoms with van der Waals surface area (Å²) in [7, 11) is 2.36. The summed E-state index contributed by atoms with van der Waals surface area (Å²) in [6.07, 6.45) is 7.04. The Morgan fingerprint density at radius 1 is 1.16 bits per heavy atom. The molecule has 4 heterocycles. The van der Waals surface area contributed by atoms with Crippen molar-refractivity contribution in [2.75, 3.05) is 20.1 Å². The standard InChI is InChI=1S/C17H19N2/c1-19-9-6-13(7-10-19)16(12-19)14-4-5-17-15(11-14)3-2-8-18-17/h2-5,8,11-13H,6-7,9-10H2,1H3/q+1. The molecule has 0 atom stereocenters. The second kappa shape index (κ2) is 3.91. The molecule has 1 aromatic carbocycles. The molecule has 0 N–H and O–H groups in total. The Labute approximate surface area is 114 Å². The van der Waals surface area contributed by atoms with Crippen LogP contribution in [0.2, 0.25) is 0 Å². The Morgan fingerprint density at radius 3 is 2.79 bits per heavy atom. The Kier molecular flexibility index (Phi) is 2.30. The van der Waals surface area contributed by atoms with Crippen molar-refractivity contribution in [1.29, 1.82) is 0 Å². The molecule has 5 rings (SSSR count). The third kappa shape index (κ3) is 1.79. The van der Waals surface area contributed by atoms with Gasteiger partial charge in [-0.15, -0.1) is 0 Å². The molecule has 2 bridgehead atoms. The number of hydrogen-bond donors (Lipinski definition) is 0. The van der Waals surface area contributed by atoms with Gasteiger partial charge in [-0.25, -0.2) is 0 Å². The van der Waals surface area contributed by atoms with E-state index < -0.39 is 0 Å². The van der Waals surface area contributed by atoms with Crippen LogP contribution in [0, 0.1) is 5.92 Å². The summed E-state index contributed by atoms with van der Waals surface area (Å²) in [6.45, 7) is 2.62. The van der Waals surface area contributed by atoms with Crippen molar-refractivity contribution in [1.82, 2.24) is 4.98 Å². The number of piperidine rings is 1. The molecule has 1 aromatic heterocycles. The van der Waals surface area contributed by atoms with Gasteiger partial charge in [0.15, 0.2) is 0 Å². The molecule has 3 aliphatic rings. The number of hydrogen-bond acceptors (Lipinski definition) is 1. The molecule has 2 nitrogen and oxygen atoms in total. The van der Waals surface area contributed by atoms with E-state index >= 15 is 0 Å². The molecule has 0 aliphatic carbocycles. The number of quaternary nitrogens is 1. The maximum atomic E-state index is 4.41. The van der Waals surface area contributed by atoms with Crippen LogP contribution in [0.1, 0.15) is 18.4 Å². The second-order valence-corrected chi connectivity index (χ2v) is 6.20. The van der Waals surface area contributed by atoms with Gasteiger partial charge in [-0.05, 0) is 23.8 Å². The fourth-order valence-electron chi connectivity index (χ4n) is 3.60. The predicted octanol–water partition coefficient (Wildman–Crippen LogP) is 3.45. The van der Waals surface area contributed by atoms with E-state index in [0.717, 1.165) is 15.9 Å². The summed E-state index contributed by atoms with van der Waals surface area (Å²) in [4.78, 5) is 4.41. The average Bonchev–Trinajstić information content (AvgIpc) is 2.47. The molecule has 1 saturated heterocycles. The van der Waals surface area contributed by atoms with Gasteiger partial charge in [-0.3, -0.25) is 9.47 Å². The summed E-state index contributed by atoms with van der Waals surface area (Å²) < 4.78 is 1.12. The van der Waals surface area contributed by atoms with Crippen LogP contribution >= 0.6 is 0 Å². The number of benzene rings is 1. The monoisotopic (exact) mass is 251 g/mol. The van der Waals surface area contributed by atoms with Crippen molar-refractivity contribution < 1.29 is 4.48 Å². The quantitative estimate of drug-likeness (QED) is 0.707. The van der Waals surface area contributed by atoms with E-state index in [1.165, 1.54) is 36.9 Å². The molecule has 3 aliphatic heterocycles. The zero-order chi connectivity index (χ0) is 12.9. The van der Waals surface area contributed by atoms with Crippen molar-refractivity contribution in [2.45, 2.75) is 12.8 Å². The summed E-state index contributed by atoms with van der Waals surface area (Å²) in [5.41, 5.74) is 4.05. The van der Waals surface area contributed by atoms with Gasteiger partial charge in [0.25, 0.3) is 0 Å². The maximum absolute atomic E-state index is 4.41. The lowest BCUT2D eigenvalue weighted by Crippen LogP contribution is -2.49. The predicted molar refractivity (Wildman–Crippen MR) is 78.4 cm³/mol. The average molecular weight is 251 g/mol. The van der Waals surface area contributed by atoms with Crippen LogP contribution in [0.15, 0.2) is 42.7 Å². The van der Waals surface area contributed by atoms with Crippen LogP contribution in [0.5, 0.6) is 0 Å². The number of aromatic nitrogens is 1. The fourth-order valence-corrected chi connectivity index (χ4v) is 3.60. The van der Waals surface area contributed by atoms with Crippen molar-refractivity contribution >= 4 is 16.5 Å². The molecule has 1 fully saturated rings. The number of fused-ring (bicyclic) bond motifs is 3. The topological polar surface area (TPSA) is 12.9 Å². The molecule has 2 heteroatoms. The molecule has 2 aromatic rings. The zero-order valence-electron chi connectivity index (χ0n) is 11.3. The lowest BCUT2D eigenvalue weighted by molar-refractivity contribution is -0.868. The van der Waals surface area contributed by atoms with Gasteiger partial charge in [-0.2, -0.15) is 0 Å². The van der Waals surface area contributed by atoms with Crippen molar-refractivity contribution in [2.24, 2.45) is 5.92 Å². The number of pyridine rings is 1. The van der Waals surface area contributed by atoms with Gasteiger partial charge >= 0.3 is 0 Å². The minimum Gasteiger partial charge on any atom is -0.299 e. The van der Waals surface area contributed by atoms with Crippen LogP contribution in [0.3, 0.4) is 0 Å². The molecule has 19 heavy (non-hydrogen) atoms. The molecule has 0 saturated carbocycles. The summed E-state index contributed by atoms with van der Waals surface area (Å²) in [5, 5.41) is 1.25. The van der Waals surface area contributed by atoms with E-state index in [-0.39, 0.29) is 0 Å². The Balaban J connectivity index is 1.84. The first-order chi connectivity index (χ1) is 9.23. The largest absolute Gasteiger partial charge is 0.299 e. The molecule has 0 spiro atoms. The molecule has 0 unspecified atom stereocenters. The van der Waals surface area contributed by atoms with Gasteiger partial charge in [0.1, 0.15) is 0 Å². The summed E-state index contributed by atoms with van der Waals surface area (Å²) in [6, 6.07) is 10.9. The highest BCUT2D eigenvalue weighted by Crippen LogP contribution is 2.40. The van der Waals surface area contributed by atoms with E-state index in [1.54, 1.807) is 5.57 Å². The number of nitrogens with zero attached hydrogens (tertiary/aromatic N) is 2. The van der Waals surface area contributed by atoms with Gasteiger partial charge in [0, 0.05) is 35.9 Å². The minimum atomic E-state index is 0.772.